The molecule has 2 aromatic heterocycles. The number of aromatic nitrogens is 3. The largest absolute Gasteiger partial charge is 0.497 e. The Hall–Kier alpha value is -6.00. The number of allylic oxidation sites excluding steroid dienone is 1. The molecule has 214 valence electrons. The highest BCUT2D eigenvalue weighted by atomic mass is 16.5. The summed E-state index contributed by atoms with van der Waals surface area (Å²) in [5, 5.41) is 21.4. The standard InChI is InChI=1S/C33H28N6O4/c1-21-19-39(20-23-9-13-26(40-2)14-10-23)30-29(21)37-33(36-25-11-7-22(18-35)8-12-25)38-32(30)43-31-27(41-3)16-24(6-5-15-34)17-28(31)42-4/h5-14,16-17,19H,20H2,1-4H3,(H,36,37,38)/b6-5+. The number of aryl methyl sites for hydroxylation is 1. The molecule has 10 heteroatoms. The van der Waals surface area contributed by atoms with Crippen LogP contribution >= 0.6 is 0 Å². The Kier molecular flexibility index (Phi) is 8.40. The maximum absolute atomic E-state index is 9.16. The molecule has 0 aliphatic rings. The van der Waals surface area contributed by atoms with Crippen LogP contribution in [0.25, 0.3) is 17.1 Å². The fourth-order valence-electron chi connectivity index (χ4n) is 4.59. The Morgan fingerprint density at radius 3 is 2.21 bits per heavy atom. The second kappa shape index (κ2) is 12.7. The van der Waals surface area contributed by atoms with Gasteiger partial charge in [-0.2, -0.15) is 15.5 Å². The zero-order valence-corrected chi connectivity index (χ0v) is 24.1. The second-order valence-corrected chi connectivity index (χ2v) is 9.47. The monoisotopic (exact) mass is 572 g/mol. The Balaban J connectivity index is 1.65. The first-order chi connectivity index (χ1) is 21.0. The molecule has 0 fully saturated rings. The molecule has 1 N–H and O–H groups in total. The van der Waals surface area contributed by atoms with Gasteiger partial charge in [0.2, 0.25) is 17.6 Å². The summed E-state index contributed by atoms with van der Waals surface area (Å²) in [4.78, 5) is 9.61. The number of hydrogen-bond donors (Lipinski definition) is 1. The highest BCUT2D eigenvalue weighted by molar-refractivity contribution is 5.86. The van der Waals surface area contributed by atoms with Crippen molar-refractivity contribution in [3.63, 3.8) is 0 Å². The zero-order chi connectivity index (χ0) is 30.3. The number of ether oxygens (including phenoxy) is 4. The summed E-state index contributed by atoms with van der Waals surface area (Å²) in [6, 6.07) is 22.4. The Labute approximate surface area is 249 Å². The third-order valence-corrected chi connectivity index (χ3v) is 6.68. The molecular weight excluding hydrogens is 544 g/mol. The van der Waals surface area contributed by atoms with Gasteiger partial charge in [-0.15, -0.1) is 0 Å². The van der Waals surface area contributed by atoms with E-state index in [1.165, 1.54) is 20.3 Å². The van der Waals surface area contributed by atoms with E-state index in [1.54, 1.807) is 49.6 Å². The van der Waals surface area contributed by atoms with Crippen LogP contribution in [0, 0.1) is 29.6 Å². The molecule has 0 aliphatic carbocycles. The van der Waals surface area contributed by atoms with Crippen LogP contribution in [0.2, 0.25) is 0 Å². The molecule has 0 spiro atoms. The van der Waals surface area contributed by atoms with Gasteiger partial charge in [0.05, 0.1) is 39.0 Å². The summed E-state index contributed by atoms with van der Waals surface area (Å²) in [5.74, 6) is 2.47. The lowest BCUT2D eigenvalue weighted by atomic mass is 10.1. The number of anilines is 2. The van der Waals surface area contributed by atoms with E-state index in [4.69, 9.17) is 39.4 Å². The number of nitrogens with zero attached hydrogens (tertiary/aromatic N) is 5. The first-order valence-corrected chi connectivity index (χ1v) is 13.2. The minimum absolute atomic E-state index is 0.277. The molecule has 5 aromatic rings. The van der Waals surface area contributed by atoms with E-state index in [2.05, 4.69) is 11.4 Å². The van der Waals surface area contributed by atoms with E-state index >= 15 is 0 Å². The van der Waals surface area contributed by atoms with Crippen LogP contribution in [0.1, 0.15) is 22.3 Å². The maximum atomic E-state index is 9.16. The Morgan fingerprint density at radius 1 is 0.907 bits per heavy atom. The molecule has 0 atom stereocenters. The van der Waals surface area contributed by atoms with E-state index < -0.39 is 0 Å². The van der Waals surface area contributed by atoms with Crippen molar-refractivity contribution in [2.24, 2.45) is 0 Å². The number of methoxy groups -OCH3 is 3. The van der Waals surface area contributed by atoms with Crippen LogP contribution in [-0.2, 0) is 6.54 Å². The lowest BCUT2D eigenvalue weighted by Gasteiger charge is -2.17. The molecule has 5 rings (SSSR count). The summed E-state index contributed by atoms with van der Waals surface area (Å²) in [6.07, 6.45) is 5.03. The van der Waals surface area contributed by atoms with Gasteiger partial charge in [0.1, 0.15) is 16.8 Å². The van der Waals surface area contributed by atoms with Crippen molar-refractivity contribution in [3.05, 3.63) is 95.2 Å². The van der Waals surface area contributed by atoms with Crippen LogP contribution in [-0.4, -0.2) is 35.9 Å². The van der Waals surface area contributed by atoms with Gasteiger partial charge < -0.3 is 28.8 Å². The quantitative estimate of drug-likeness (QED) is 0.181. The predicted octanol–water partition coefficient (Wildman–Crippen LogP) is 6.76. The first-order valence-electron chi connectivity index (χ1n) is 13.2. The number of fused-ring (bicyclic) bond motifs is 1. The van der Waals surface area contributed by atoms with Gasteiger partial charge in [0.15, 0.2) is 11.5 Å². The fraction of sp³-hybridized carbons (Fsp3) is 0.152. The van der Waals surface area contributed by atoms with E-state index in [0.29, 0.717) is 57.6 Å². The van der Waals surface area contributed by atoms with Gasteiger partial charge in [-0.3, -0.25) is 0 Å². The molecule has 2 heterocycles. The fourth-order valence-corrected chi connectivity index (χ4v) is 4.59. The van der Waals surface area contributed by atoms with E-state index in [1.807, 2.05) is 48.0 Å². The summed E-state index contributed by atoms with van der Waals surface area (Å²) < 4.78 is 25.2. The molecular formula is C33H28N6O4. The highest BCUT2D eigenvalue weighted by Crippen LogP contribution is 2.43. The molecule has 10 nitrogen and oxygen atoms in total. The average molecular weight is 573 g/mol. The van der Waals surface area contributed by atoms with Gasteiger partial charge in [-0.25, -0.2) is 4.98 Å². The lowest BCUT2D eigenvalue weighted by Crippen LogP contribution is -2.05. The SMILES string of the molecule is COc1ccc(Cn2cc(C)c3nc(Nc4ccc(C#N)cc4)nc(Oc4c(OC)cc(/C=C/C#N)cc4OC)c32)cc1. The third-order valence-electron chi connectivity index (χ3n) is 6.68. The third kappa shape index (κ3) is 6.19. The van der Waals surface area contributed by atoms with Crippen LogP contribution in [0.5, 0.6) is 28.9 Å². The van der Waals surface area contributed by atoms with Crippen LogP contribution in [0.3, 0.4) is 0 Å². The first kappa shape index (κ1) is 28.5. The van der Waals surface area contributed by atoms with E-state index in [-0.39, 0.29) is 5.88 Å². The predicted molar refractivity (Wildman–Crippen MR) is 163 cm³/mol. The maximum Gasteiger partial charge on any atom is 0.249 e. The molecule has 0 bridgehead atoms. The minimum atomic E-state index is 0.277. The summed E-state index contributed by atoms with van der Waals surface area (Å²) in [6.45, 7) is 2.51. The van der Waals surface area contributed by atoms with Gasteiger partial charge in [-0.05, 0) is 78.2 Å². The normalized spacial score (nSPS) is 10.7. The van der Waals surface area contributed by atoms with Crippen molar-refractivity contribution in [2.45, 2.75) is 13.5 Å². The molecule has 3 aromatic carbocycles. The van der Waals surface area contributed by atoms with Crippen molar-refractivity contribution in [1.29, 1.82) is 10.5 Å². The molecule has 43 heavy (non-hydrogen) atoms. The average Bonchev–Trinajstić information content (AvgIpc) is 3.35. The van der Waals surface area contributed by atoms with Crippen molar-refractivity contribution < 1.29 is 18.9 Å². The topological polar surface area (TPSA) is 127 Å². The summed E-state index contributed by atoms with van der Waals surface area (Å²) in [5.41, 5.74) is 5.31. The summed E-state index contributed by atoms with van der Waals surface area (Å²) >= 11 is 0. The Morgan fingerprint density at radius 2 is 1.60 bits per heavy atom. The highest BCUT2D eigenvalue weighted by Gasteiger charge is 2.22. The van der Waals surface area contributed by atoms with Crippen LogP contribution in [0.15, 0.2) is 72.9 Å². The second-order valence-electron chi connectivity index (χ2n) is 9.47. The van der Waals surface area contributed by atoms with Gasteiger partial charge >= 0.3 is 0 Å². The lowest BCUT2D eigenvalue weighted by molar-refractivity contribution is 0.343. The van der Waals surface area contributed by atoms with E-state index in [0.717, 1.165) is 16.9 Å². The summed E-state index contributed by atoms with van der Waals surface area (Å²) in [7, 11) is 4.70. The number of rotatable bonds is 10. The van der Waals surface area contributed by atoms with Gasteiger partial charge in [-0.1, -0.05) is 12.1 Å². The van der Waals surface area contributed by atoms with Gasteiger partial charge in [0, 0.05) is 24.5 Å². The molecule has 0 saturated carbocycles. The van der Waals surface area contributed by atoms with Crippen LogP contribution < -0.4 is 24.3 Å². The molecule has 0 unspecified atom stereocenters. The van der Waals surface area contributed by atoms with Crippen molar-refractivity contribution in [3.8, 4) is 41.0 Å². The zero-order valence-electron chi connectivity index (χ0n) is 24.1. The number of nitriles is 2. The van der Waals surface area contributed by atoms with Crippen molar-refractivity contribution >= 4 is 28.7 Å². The molecule has 0 saturated heterocycles. The van der Waals surface area contributed by atoms with Crippen molar-refractivity contribution in [1.82, 2.24) is 14.5 Å². The van der Waals surface area contributed by atoms with Crippen LogP contribution in [0.4, 0.5) is 11.6 Å². The molecule has 0 radical (unpaired) electrons. The van der Waals surface area contributed by atoms with Crippen molar-refractivity contribution in [2.75, 3.05) is 26.6 Å². The number of hydrogen-bond acceptors (Lipinski definition) is 9. The van der Waals surface area contributed by atoms with Gasteiger partial charge in [0.25, 0.3) is 0 Å². The number of benzene rings is 3. The molecule has 0 amide bonds. The minimum Gasteiger partial charge on any atom is -0.497 e. The van der Waals surface area contributed by atoms with E-state index in [9.17, 15) is 0 Å². The number of nitrogens with one attached hydrogen (secondary N) is 1. The Bertz CT molecular complexity index is 1860. The molecule has 0 aliphatic heterocycles. The smallest absolute Gasteiger partial charge is 0.249 e.